The molecule has 0 N–H and O–H groups in total. The molecule has 3 rings (SSSR count). The van der Waals surface area contributed by atoms with Gasteiger partial charge >= 0.3 is 0 Å². The zero-order valence-electron chi connectivity index (χ0n) is 13.3. The van der Waals surface area contributed by atoms with Crippen molar-refractivity contribution in [2.45, 2.75) is 4.90 Å². The second-order valence-corrected chi connectivity index (χ2v) is 6.65. The number of rotatable bonds is 4. The van der Waals surface area contributed by atoms with Gasteiger partial charge in [0.1, 0.15) is 5.82 Å². The van der Waals surface area contributed by atoms with Crippen molar-refractivity contribution in [1.82, 2.24) is 4.68 Å². The summed E-state index contributed by atoms with van der Waals surface area (Å²) < 4.78 is 15.8. The van der Waals surface area contributed by atoms with E-state index in [2.05, 4.69) is 10.1 Å². The molecule has 0 atom stereocenters. The fourth-order valence-electron chi connectivity index (χ4n) is 2.23. The summed E-state index contributed by atoms with van der Waals surface area (Å²) in [5.41, 5.74) is 2.18. The third kappa shape index (κ3) is 3.49. The lowest BCUT2D eigenvalue weighted by Gasteiger charge is -2.04. The molecule has 0 radical (unpaired) electrons. The summed E-state index contributed by atoms with van der Waals surface area (Å²) in [5.74, 6) is -0.272. The highest BCUT2D eigenvalue weighted by atomic mass is 32.2. The molecule has 0 fully saturated rings. The van der Waals surface area contributed by atoms with Gasteiger partial charge in [0.05, 0.1) is 11.9 Å². The summed E-state index contributed by atoms with van der Waals surface area (Å²) in [6.45, 7) is 0. The molecular weight excluding hydrogens is 341 g/mol. The average Bonchev–Trinajstić information content (AvgIpc) is 3.03. The summed E-state index contributed by atoms with van der Waals surface area (Å²) in [4.78, 5) is 6.14. The number of hydrogen-bond donors (Lipinski definition) is 0. The van der Waals surface area contributed by atoms with E-state index in [1.165, 1.54) is 22.3 Å². The molecule has 3 nitrogen and oxygen atoms in total. The third-order valence-electron chi connectivity index (χ3n) is 3.46. The van der Waals surface area contributed by atoms with Crippen molar-refractivity contribution in [3.8, 4) is 11.3 Å². The second-order valence-electron chi connectivity index (χ2n) is 4.94. The minimum atomic E-state index is -0.272. The van der Waals surface area contributed by atoms with Crippen LogP contribution in [-0.4, -0.2) is 24.2 Å². The molecule has 0 aliphatic rings. The number of aromatic nitrogens is 1. The Labute approximate surface area is 148 Å². The Hall–Kier alpha value is -2.18. The summed E-state index contributed by atoms with van der Waals surface area (Å²) >= 11 is 3.13. The zero-order chi connectivity index (χ0) is 16.9. The molecule has 0 aliphatic heterocycles. The van der Waals surface area contributed by atoms with Gasteiger partial charge in [0.2, 0.25) is 4.80 Å². The maximum atomic E-state index is 14.1. The van der Waals surface area contributed by atoms with Crippen LogP contribution in [0.1, 0.15) is 5.56 Å². The van der Waals surface area contributed by atoms with E-state index in [0.717, 1.165) is 5.56 Å². The van der Waals surface area contributed by atoms with Crippen LogP contribution in [0.15, 0.2) is 68.9 Å². The largest absolute Gasteiger partial charge is 0.261 e. The quantitative estimate of drug-likeness (QED) is 0.500. The first-order valence-corrected chi connectivity index (χ1v) is 9.40. The number of thioether (sulfide) groups is 1. The van der Waals surface area contributed by atoms with Crippen LogP contribution in [0.5, 0.6) is 0 Å². The van der Waals surface area contributed by atoms with E-state index in [9.17, 15) is 4.39 Å². The van der Waals surface area contributed by atoms with Gasteiger partial charge in [-0.3, -0.25) is 4.99 Å². The SMILES string of the molecule is CN=c1scc(-c2ccccc2F)n1N=Cc1ccc(SC)cc1. The van der Waals surface area contributed by atoms with Gasteiger partial charge in [-0.1, -0.05) is 24.3 Å². The first kappa shape index (κ1) is 16.7. The number of nitrogens with zero attached hydrogens (tertiary/aromatic N) is 3. The number of hydrogen-bond acceptors (Lipinski definition) is 4. The lowest BCUT2D eigenvalue weighted by Crippen LogP contribution is -2.11. The molecule has 122 valence electrons. The highest BCUT2D eigenvalue weighted by molar-refractivity contribution is 7.98. The van der Waals surface area contributed by atoms with E-state index in [0.29, 0.717) is 16.1 Å². The first-order valence-electron chi connectivity index (χ1n) is 7.29. The lowest BCUT2D eigenvalue weighted by atomic mass is 10.1. The fourth-order valence-corrected chi connectivity index (χ4v) is 3.43. The van der Waals surface area contributed by atoms with Gasteiger partial charge in [0.15, 0.2) is 0 Å². The van der Waals surface area contributed by atoms with Crippen molar-refractivity contribution in [2.75, 3.05) is 13.3 Å². The highest BCUT2D eigenvalue weighted by Crippen LogP contribution is 2.23. The van der Waals surface area contributed by atoms with Crippen molar-refractivity contribution in [1.29, 1.82) is 0 Å². The topological polar surface area (TPSA) is 29.6 Å². The van der Waals surface area contributed by atoms with Gasteiger partial charge in [-0.25, -0.2) is 9.07 Å². The fraction of sp³-hybridized carbons (Fsp3) is 0.111. The summed E-state index contributed by atoms with van der Waals surface area (Å²) in [7, 11) is 1.70. The summed E-state index contributed by atoms with van der Waals surface area (Å²) in [6, 6.07) is 14.8. The molecule has 0 aliphatic carbocycles. The second kappa shape index (κ2) is 7.59. The molecule has 0 spiro atoms. The maximum Gasteiger partial charge on any atom is 0.205 e. The molecule has 3 aromatic rings. The van der Waals surface area contributed by atoms with Gasteiger partial charge in [-0.05, 0) is 36.1 Å². The molecule has 0 saturated carbocycles. The standard InChI is InChI=1S/C18H16FN3S2/c1-20-18-22(21-11-13-7-9-14(23-2)10-8-13)17(12-24-18)15-5-3-4-6-16(15)19/h3-12H,1-2H3. The average molecular weight is 357 g/mol. The van der Waals surface area contributed by atoms with E-state index in [4.69, 9.17) is 0 Å². The van der Waals surface area contributed by atoms with E-state index >= 15 is 0 Å². The molecule has 6 heteroatoms. The third-order valence-corrected chi connectivity index (χ3v) is 5.12. The number of thiazole rings is 1. The Bertz CT molecular complexity index is 924. The smallest absolute Gasteiger partial charge is 0.205 e. The number of benzene rings is 2. The molecule has 0 bridgehead atoms. The number of halogens is 1. The molecule has 1 aromatic heterocycles. The molecule has 2 aromatic carbocycles. The molecule has 1 heterocycles. The Morgan fingerprint density at radius 1 is 1.12 bits per heavy atom. The minimum Gasteiger partial charge on any atom is -0.261 e. The van der Waals surface area contributed by atoms with Crippen LogP contribution in [-0.2, 0) is 0 Å². The van der Waals surface area contributed by atoms with Crippen LogP contribution < -0.4 is 4.80 Å². The summed E-state index contributed by atoms with van der Waals surface area (Å²) in [5, 5.41) is 6.39. The zero-order valence-corrected chi connectivity index (χ0v) is 14.9. The highest BCUT2D eigenvalue weighted by Gasteiger charge is 2.10. The van der Waals surface area contributed by atoms with Gasteiger partial charge < -0.3 is 0 Å². The van der Waals surface area contributed by atoms with Gasteiger partial charge in [0.25, 0.3) is 0 Å². The van der Waals surface area contributed by atoms with Gasteiger partial charge in [-0.15, -0.1) is 23.1 Å². The van der Waals surface area contributed by atoms with Crippen LogP contribution in [0, 0.1) is 5.82 Å². The van der Waals surface area contributed by atoms with Crippen LogP contribution in [0.2, 0.25) is 0 Å². The molecular formula is C18H16FN3S2. The van der Waals surface area contributed by atoms with Crippen LogP contribution in [0.4, 0.5) is 4.39 Å². The monoisotopic (exact) mass is 357 g/mol. The predicted octanol–water partition coefficient (Wildman–Crippen LogP) is 4.49. The normalized spacial score (nSPS) is 12.2. The predicted molar refractivity (Wildman–Crippen MR) is 100 cm³/mol. The van der Waals surface area contributed by atoms with Crippen molar-refractivity contribution in [3.63, 3.8) is 0 Å². The summed E-state index contributed by atoms with van der Waals surface area (Å²) in [6.07, 6.45) is 3.80. The van der Waals surface area contributed by atoms with Crippen molar-refractivity contribution < 1.29 is 4.39 Å². The van der Waals surface area contributed by atoms with E-state index in [-0.39, 0.29) is 5.82 Å². The van der Waals surface area contributed by atoms with Crippen molar-refractivity contribution in [2.24, 2.45) is 10.1 Å². The molecule has 0 unspecified atom stereocenters. The molecule has 0 saturated heterocycles. The van der Waals surface area contributed by atoms with E-state index in [1.807, 2.05) is 42.0 Å². The van der Waals surface area contributed by atoms with Crippen LogP contribution >= 0.6 is 23.1 Å². The Balaban J connectivity index is 2.02. The Kier molecular flexibility index (Phi) is 5.27. The van der Waals surface area contributed by atoms with E-state index < -0.39 is 0 Å². The Morgan fingerprint density at radius 2 is 1.88 bits per heavy atom. The van der Waals surface area contributed by atoms with Gasteiger partial charge in [0, 0.05) is 22.9 Å². The van der Waals surface area contributed by atoms with Crippen LogP contribution in [0.3, 0.4) is 0 Å². The molecule has 24 heavy (non-hydrogen) atoms. The van der Waals surface area contributed by atoms with E-state index in [1.54, 1.807) is 41.8 Å². The minimum absolute atomic E-state index is 0.272. The molecule has 0 amide bonds. The van der Waals surface area contributed by atoms with Gasteiger partial charge in [-0.2, -0.15) is 5.10 Å². The first-order chi connectivity index (χ1) is 11.7. The lowest BCUT2D eigenvalue weighted by molar-refractivity contribution is 0.629. The Morgan fingerprint density at radius 3 is 2.54 bits per heavy atom. The maximum absolute atomic E-state index is 14.1. The van der Waals surface area contributed by atoms with Crippen LogP contribution in [0.25, 0.3) is 11.3 Å². The van der Waals surface area contributed by atoms with Crippen molar-refractivity contribution >= 4 is 29.3 Å². The van der Waals surface area contributed by atoms with Crippen molar-refractivity contribution in [3.05, 3.63) is 70.1 Å².